The molecule has 0 spiro atoms. The van der Waals surface area contributed by atoms with Crippen LogP contribution in [0.15, 0.2) is 30.3 Å². The Balaban J connectivity index is 2.68. The molecule has 0 aliphatic carbocycles. The van der Waals surface area contributed by atoms with Crippen molar-refractivity contribution in [3.63, 3.8) is 0 Å². The zero-order valence-corrected chi connectivity index (χ0v) is 9.85. The average molecular weight is 235 g/mol. The monoisotopic (exact) mass is 235 g/mol. The van der Waals surface area contributed by atoms with Crippen molar-refractivity contribution in [2.24, 2.45) is 0 Å². The van der Waals surface area contributed by atoms with Gasteiger partial charge < -0.3 is 10.4 Å². The highest BCUT2D eigenvalue weighted by Crippen LogP contribution is 2.13. The summed E-state index contributed by atoms with van der Waals surface area (Å²) in [7, 11) is 0. The van der Waals surface area contributed by atoms with E-state index in [9.17, 15) is 9.59 Å². The molecular formula is C13H17NO3. The summed E-state index contributed by atoms with van der Waals surface area (Å²) < 4.78 is 0. The first kappa shape index (κ1) is 13.2. The van der Waals surface area contributed by atoms with E-state index in [-0.39, 0.29) is 5.91 Å². The van der Waals surface area contributed by atoms with Crippen LogP contribution >= 0.6 is 0 Å². The van der Waals surface area contributed by atoms with Gasteiger partial charge in [0.2, 0.25) is 5.91 Å². The fourth-order valence-electron chi connectivity index (χ4n) is 1.50. The maximum atomic E-state index is 11.5. The van der Waals surface area contributed by atoms with E-state index >= 15 is 0 Å². The number of carbonyl (C=O) groups is 2. The molecule has 1 aromatic rings. The van der Waals surface area contributed by atoms with Crippen molar-refractivity contribution in [3.8, 4) is 0 Å². The predicted molar refractivity (Wildman–Crippen MR) is 64.5 cm³/mol. The molecule has 1 rings (SSSR count). The average Bonchev–Trinajstić information content (AvgIpc) is 2.34. The molecule has 92 valence electrons. The Morgan fingerprint density at radius 2 is 1.94 bits per heavy atom. The van der Waals surface area contributed by atoms with Gasteiger partial charge in [0.05, 0.1) is 0 Å². The molecule has 0 aromatic heterocycles. The Bertz CT molecular complexity index is 376. The first-order chi connectivity index (χ1) is 8.15. The normalized spacial score (nSPS) is 11.8. The Morgan fingerprint density at radius 3 is 2.47 bits per heavy atom. The summed E-state index contributed by atoms with van der Waals surface area (Å²) in [6, 6.07) is 7.74. The third kappa shape index (κ3) is 4.26. The van der Waals surface area contributed by atoms with Crippen molar-refractivity contribution in [1.82, 2.24) is 5.32 Å². The first-order valence-electron chi connectivity index (χ1n) is 5.72. The van der Waals surface area contributed by atoms with Gasteiger partial charge in [0.1, 0.15) is 0 Å². The summed E-state index contributed by atoms with van der Waals surface area (Å²) >= 11 is 0. The van der Waals surface area contributed by atoms with Crippen LogP contribution in [0.5, 0.6) is 0 Å². The summed E-state index contributed by atoms with van der Waals surface area (Å²) in [5, 5.41) is 11.6. The molecule has 0 saturated carbocycles. The number of aliphatic carboxylic acids is 1. The Kier molecular flexibility index (Phi) is 5.20. The van der Waals surface area contributed by atoms with Crippen LogP contribution in [-0.2, 0) is 9.59 Å². The second-order valence-electron chi connectivity index (χ2n) is 3.85. The Hall–Kier alpha value is -1.84. The second-order valence-corrected chi connectivity index (χ2v) is 3.85. The molecule has 1 aromatic carbocycles. The standard InChI is InChI=1S/C13H17NO3/c1-2-3-9-11(15)14-12(13(16)17)10-7-5-4-6-8-10/h4-8,12H,2-3,9H2,1H3,(H,14,15)(H,16,17)/t12-/m0/s1. The number of benzene rings is 1. The quantitative estimate of drug-likeness (QED) is 0.793. The number of carboxylic acids is 1. The molecule has 4 heteroatoms. The van der Waals surface area contributed by atoms with Gasteiger partial charge in [0.15, 0.2) is 6.04 Å². The number of rotatable bonds is 6. The van der Waals surface area contributed by atoms with Crippen molar-refractivity contribution < 1.29 is 14.7 Å². The van der Waals surface area contributed by atoms with Gasteiger partial charge in [-0.3, -0.25) is 4.79 Å². The molecule has 0 fully saturated rings. The summed E-state index contributed by atoms with van der Waals surface area (Å²) in [5.74, 6) is -1.26. The van der Waals surface area contributed by atoms with Crippen molar-refractivity contribution in [2.75, 3.05) is 0 Å². The zero-order valence-electron chi connectivity index (χ0n) is 9.85. The number of amides is 1. The number of carbonyl (C=O) groups excluding carboxylic acids is 1. The molecule has 0 unspecified atom stereocenters. The maximum Gasteiger partial charge on any atom is 0.330 e. The highest BCUT2D eigenvalue weighted by atomic mass is 16.4. The second kappa shape index (κ2) is 6.68. The molecule has 0 aliphatic rings. The van der Waals surface area contributed by atoms with Crippen LogP contribution in [0.25, 0.3) is 0 Å². The van der Waals surface area contributed by atoms with Crippen LogP contribution in [-0.4, -0.2) is 17.0 Å². The molecule has 1 atom stereocenters. The van der Waals surface area contributed by atoms with E-state index < -0.39 is 12.0 Å². The topological polar surface area (TPSA) is 66.4 Å². The molecule has 17 heavy (non-hydrogen) atoms. The third-order valence-electron chi connectivity index (χ3n) is 2.44. The number of hydrogen-bond donors (Lipinski definition) is 2. The lowest BCUT2D eigenvalue weighted by Gasteiger charge is -2.14. The van der Waals surface area contributed by atoms with Gasteiger partial charge in [-0.2, -0.15) is 0 Å². The van der Waals surface area contributed by atoms with Gasteiger partial charge in [-0.1, -0.05) is 43.7 Å². The zero-order chi connectivity index (χ0) is 12.7. The smallest absolute Gasteiger partial charge is 0.330 e. The molecule has 0 radical (unpaired) electrons. The minimum Gasteiger partial charge on any atom is -0.479 e. The van der Waals surface area contributed by atoms with Gasteiger partial charge in [0, 0.05) is 6.42 Å². The van der Waals surface area contributed by atoms with Crippen LogP contribution in [0.1, 0.15) is 37.8 Å². The van der Waals surface area contributed by atoms with E-state index in [0.29, 0.717) is 12.0 Å². The van der Waals surface area contributed by atoms with E-state index in [2.05, 4.69) is 5.32 Å². The number of carboxylic acid groups (broad SMARTS) is 1. The molecule has 4 nitrogen and oxygen atoms in total. The van der Waals surface area contributed by atoms with E-state index in [1.54, 1.807) is 30.3 Å². The van der Waals surface area contributed by atoms with Crippen molar-refractivity contribution in [2.45, 2.75) is 32.2 Å². The van der Waals surface area contributed by atoms with Gasteiger partial charge in [-0.15, -0.1) is 0 Å². The summed E-state index contributed by atoms with van der Waals surface area (Å²) in [5.41, 5.74) is 0.588. The number of nitrogens with one attached hydrogen (secondary N) is 1. The molecule has 0 heterocycles. The maximum absolute atomic E-state index is 11.5. The van der Waals surface area contributed by atoms with Gasteiger partial charge in [-0.05, 0) is 12.0 Å². The van der Waals surface area contributed by atoms with Crippen LogP contribution in [0, 0.1) is 0 Å². The molecule has 2 N–H and O–H groups in total. The summed E-state index contributed by atoms with van der Waals surface area (Å²) in [4.78, 5) is 22.6. The number of hydrogen-bond acceptors (Lipinski definition) is 2. The lowest BCUT2D eigenvalue weighted by Crippen LogP contribution is -2.33. The van der Waals surface area contributed by atoms with E-state index in [1.807, 2.05) is 6.92 Å². The fourth-order valence-corrected chi connectivity index (χ4v) is 1.50. The fraction of sp³-hybridized carbons (Fsp3) is 0.385. The molecule has 1 amide bonds. The van der Waals surface area contributed by atoms with E-state index in [4.69, 9.17) is 5.11 Å². The van der Waals surface area contributed by atoms with Crippen molar-refractivity contribution in [1.29, 1.82) is 0 Å². The third-order valence-corrected chi connectivity index (χ3v) is 2.44. The van der Waals surface area contributed by atoms with Crippen molar-refractivity contribution in [3.05, 3.63) is 35.9 Å². The van der Waals surface area contributed by atoms with E-state index in [1.165, 1.54) is 0 Å². The van der Waals surface area contributed by atoms with Crippen LogP contribution in [0.4, 0.5) is 0 Å². The minimum atomic E-state index is -1.04. The molecule has 0 bridgehead atoms. The van der Waals surface area contributed by atoms with Gasteiger partial charge in [-0.25, -0.2) is 4.79 Å². The summed E-state index contributed by atoms with van der Waals surface area (Å²) in [6.07, 6.45) is 2.05. The number of unbranched alkanes of at least 4 members (excludes halogenated alkanes) is 1. The van der Waals surface area contributed by atoms with Gasteiger partial charge in [0.25, 0.3) is 0 Å². The van der Waals surface area contributed by atoms with E-state index in [0.717, 1.165) is 12.8 Å². The summed E-state index contributed by atoms with van der Waals surface area (Å²) in [6.45, 7) is 1.99. The molecular weight excluding hydrogens is 218 g/mol. The highest BCUT2D eigenvalue weighted by molar-refractivity contribution is 5.84. The van der Waals surface area contributed by atoms with Crippen molar-refractivity contribution >= 4 is 11.9 Å². The van der Waals surface area contributed by atoms with Crippen LogP contribution < -0.4 is 5.32 Å². The van der Waals surface area contributed by atoms with Crippen LogP contribution in [0.2, 0.25) is 0 Å². The lowest BCUT2D eigenvalue weighted by molar-refractivity contribution is -0.142. The molecule has 0 aliphatic heterocycles. The Morgan fingerprint density at radius 1 is 1.29 bits per heavy atom. The minimum absolute atomic E-state index is 0.219. The lowest BCUT2D eigenvalue weighted by atomic mass is 10.1. The SMILES string of the molecule is CCCCC(=O)N[C@H](C(=O)O)c1ccccc1. The van der Waals surface area contributed by atoms with Gasteiger partial charge >= 0.3 is 5.97 Å². The first-order valence-corrected chi connectivity index (χ1v) is 5.72. The predicted octanol–water partition coefficient (Wildman–Crippen LogP) is 2.12. The van der Waals surface area contributed by atoms with Crippen LogP contribution in [0.3, 0.4) is 0 Å². The Labute approximate surface area is 101 Å². The largest absolute Gasteiger partial charge is 0.479 e. The molecule has 0 saturated heterocycles. The highest BCUT2D eigenvalue weighted by Gasteiger charge is 2.21.